The number of aliphatic hydroxyl groups excluding tert-OH is 1. The number of rotatable bonds is 4. The van der Waals surface area contributed by atoms with Gasteiger partial charge in [-0.1, -0.05) is 19.9 Å². The van der Waals surface area contributed by atoms with E-state index in [1.54, 1.807) is 25.4 Å². The third kappa shape index (κ3) is 2.67. The van der Waals surface area contributed by atoms with E-state index in [1.165, 1.54) is 0 Å². The Bertz CT molecular complexity index is 315. The van der Waals surface area contributed by atoms with Crippen LogP contribution in [-0.4, -0.2) is 23.3 Å². The highest BCUT2D eigenvalue weighted by molar-refractivity contribution is 5.40. The fourth-order valence-electron chi connectivity index (χ4n) is 1.62. The Kier molecular flexibility index (Phi) is 4.05. The fraction of sp³-hybridized carbons (Fsp3) is 0.545. The minimum absolute atomic E-state index is 0.213. The Morgan fingerprint density at radius 1 is 1.47 bits per heavy atom. The molecule has 0 saturated heterocycles. The number of hydrogen-bond donors (Lipinski definition) is 2. The van der Waals surface area contributed by atoms with Crippen molar-refractivity contribution in [2.75, 3.05) is 12.8 Å². The number of hydrogen-bond acceptors (Lipinski definition) is 4. The van der Waals surface area contributed by atoms with E-state index in [0.29, 0.717) is 11.4 Å². The summed E-state index contributed by atoms with van der Waals surface area (Å²) >= 11 is 0. The molecular weight excluding hydrogens is 192 g/mol. The van der Waals surface area contributed by atoms with Gasteiger partial charge in [-0.15, -0.1) is 0 Å². The van der Waals surface area contributed by atoms with Crippen molar-refractivity contribution in [2.45, 2.75) is 26.1 Å². The van der Waals surface area contributed by atoms with Crippen molar-refractivity contribution in [3.05, 3.63) is 23.9 Å². The molecule has 1 rings (SSSR count). The zero-order valence-corrected chi connectivity index (χ0v) is 9.34. The maximum atomic E-state index is 10.1. The molecule has 0 aliphatic carbocycles. The predicted octanol–water partition coefficient (Wildman–Crippen LogP) is 1.37. The first-order valence-electron chi connectivity index (χ1n) is 4.99. The molecule has 0 saturated carbocycles. The van der Waals surface area contributed by atoms with Crippen LogP contribution in [0.5, 0.6) is 0 Å². The Labute approximate surface area is 90.1 Å². The third-order valence-corrected chi connectivity index (χ3v) is 2.43. The average molecular weight is 210 g/mol. The number of methoxy groups -OCH3 is 1. The van der Waals surface area contributed by atoms with Crippen LogP contribution in [0.15, 0.2) is 18.3 Å². The van der Waals surface area contributed by atoms with Crippen molar-refractivity contribution in [3.63, 3.8) is 0 Å². The van der Waals surface area contributed by atoms with E-state index < -0.39 is 6.10 Å². The summed E-state index contributed by atoms with van der Waals surface area (Å²) in [6.07, 6.45) is 0.600. The summed E-state index contributed by atoms with van der Waals surface area (Å²) in [5.41, 5.74) is 6.31. The van der Waals surface area contributed by atoms with Crippen LogP contribution in [0.3, 0.4) is 0 Å². The number of aromatic nitrogens is 1. The number of aliphatic hydroxyl groups is 1. The zero-order chi connectivity index (χ0) is 11.4. The van der Waals surface area contributed by atoms with Crippen LogP contribution in [0.2, 0.25) is 0 Å². The molecule has 0 spiro atoms. The van der Waals surface area contributed by atoms with Crippen molar-refractivity contribution in [1.82, 2.24) is 4.98 Å². The van der Waals surface area contributed by atoms with Crippen LogP contribution >= 0.6 is 0 Å². The number of anilines is 1. The van der Waals surface area contributed by atoms with Gasteiger partial charge in [0.15, 0.2) is 0 Å². The lowest BCUT2D eigenvalue weighted by molar-refractivity contribution is -0.0388. The molecule has 84 valence electrons. The summed E-state index contributed by atoms with van der Waals surface area (Å²) in [6.45, 7) is 3.98. The highest BCUT2D eigenvalue weighted by atomic mass is 16.5. The SMILES string of the molecule is COC(C(C)C)C(O)c1cccnc1N. The van der Waals surface area contributed by atoms with Gasteiger partial charge in [-0.2, -0.15) is 0 Å². The molecule has 0 radical (unpaired) electrons. The molecule has 0 amide bonds. The molecule has 1 aromatic heterocycles. The van der Waals surface area contributed by atoms with Crippen LogP contribution in [0.4, 0.5) is 5.82 Å². The highest BCUT2D eigenvalue weighted by Crippen LogP contribution is 2.26. The third-order valence-electron chi connectivity index (χ3n) is 2.43. The van der Waals surface area contributed by atoms with Gasteiger partial charge >= 0.3 is 0 Å². The maximum absolute atomic E-state index is 10.1. The summed E-state index contributed by atoms with van der Waals surface area (Å²) in [5, 5.41) is 10.1. The molecule has 0 aromatic carbocycles. The van der Waals surface area contributed by atoms with Crippen LogP contribution < -0.4 is 5.73 Å². The van der Waals surface area contributed by atoms with Gasteiger partial charge in [0.05, 0.1) is 6.10 Å². The Morgan fingerprint density at radius 2 is 2.13 bits per heavy atom. The minimum atomic E-state index is -0.733. The first-order valence-corrected chi connectivity index (χ1v) is 4.99. The van der Waals surface area contributed by atoms with Gasteiger partial charge in [0.1, 0.15) is 11.9 Å². The molecule has 4 nitrogen and oxygen atoms in total. The van der Waals surface area contributed by atoms with Crippen molar-refractivity contribution in [2.24, 2.45) is 5.92 Å². The first kappa shape index (κ1) is 11.9. The smallest absolute Gasteiger partial charge is 0.129 e. The largest absolute Gasteiger partial charge is 0.386 e. The van der Waals surface area contributed by atoms with Crippen molar-refractivity contribution < 1.29 is 9.84 Å². The molecule has 3 N–H and O–H groups in total. The molecule has 1 heterocycles. The van der Waals surface area contributed by atoms with E-state index in [1.807, 2.05) is 13.8 Å². The molecule has 2 atom stereocenters. The van der Waals surface area contributed by atoms with Gasteiger partial charge in [0.25, 0.3) is 0 Å². The molecule has 0 bridgehead atoms. The summed E-state index contributed by atoms with van der Waals surface area (Å²) < 4.78 is 5.25. The van der Waals surface area contributed by atoms with Crippen molar-refractivity contribution in [1.29, 1.82) is 0 Å². The Morgan fingerprint density at radius 3 is 2.60 bits per heavy atom. The van der Waals surface area contributed by atoms with Gasteiger partial charge in [-0.3, -0.25) is 0 Å². The molecule has 0 fully saturated rings. The molecule has 2 unspecified atom stereocenters. The number of nitrogens with two attached hydrogens (primary N) is 1. The van der Waals surface area contributed by atoms with E-state index in [0.717, 1.165) is 0 Å². The van der Waals surface area contributed by atoms with Crippen LogP contribution in [0, 0.1) is 5.92 Å². The van der Waals surface area contributed by atoms with E-state index in [9.17, 15) is 5.11 Å². The van der Waals surface area contributed by atoms with E-state index in [4.69, 9.17) is 10.5 Å². The highest BCUT2D eigenvalue weighted by Gasteiger charge is 2.25. The second-order valence-corrected chi connectivity index (χ2v) is 3.87. The lowest BCUT2D eigenvalue weighted by atomic mass is 9.96. The fourth-order valence-corrected chi connectivity index (χ4v) is 1.62. The van der Waals surface area contributed by atoms with Gasteiger partial charge in [0.2, 0.25) is 0 Å². The van der Waals surface area contributed by atoms with Crippen LogP contribution in [0.1, 0.15) is 25.5 Å². The molecule has 0 aliphatic rings. The standard InChI is InChI=1S/C11H18N2O2/c1-7(2)10(15-3)9(14)8-5-4-6-13-11(8)12/h4-7,9-10,14H,1-3H3,(H2,12,13). The molecule has 4 heteroatoms. The second kappa shape index (κ2) is 5.09. The second-order valence-electron chi connectivity index (χ2n) is 3.87. The van der Waals surface area contributed by atoms with Gasteiger partial charge in [-0.05, 0) is 12.0 Å². The molecular formula is C11H18N2O2. The number of ether oxygens (including phenoxy) is 1. The Hall–Kier alpha value is -1.13. The topological polar surface area (TPSA) is 68.4 Å². The number of nitrogens with zero attached hydrogens (tertiary/aromatic N) is 1. The maximum Gasteiger partial charge on any atom is 0.129 e. The van der Waals surface area contributed by atoms with Gasteiger partial charge in [-0.25, -0.2) is 4.98 Å². The minimum Gasteiger partial charge on any atom is -0.386 e. The Balaban J connectivity index is 2.92. The summed E-state index contributed by atoms with van der Waals surface area (Å²) in [5.74, 6) is 0.567. The molecule has 1 aromatic rings. The number of nitrogen functional groups attached to an aromatic ring is 1. The monoisotopic (exact) mass is 210 g/mol. The molecule has 0 aliphatic heterocycles. The average Bonchev–Trinajstić information content (AvgIpc) is 2.18. The predicted molar refractivity (Wildman–Crippen MR) is 59.2 cm³/mol. The van der Waals surface area contributed by atoms with Gasteiger partial charge < -0.3 is 15.6 Å². The van der Waals surface area contributed by atoms with E-state index >= 15 is 0 Å². The van der Waals surface area contributed by atoms with E-state index in [-0.39, 0.29) is 12.0 Å². The molecule has 15 heavy (non-hydrogen) atoms. The summed E-state index contributed by atoms with van der Waals surface area (Å²) in [6, 6.07) is 3.52. The zero-order valence-electron chi connectivity index (χ0n) is 9.34. The quantitative estimate of drug-likeness (QED) is 0.787. The van der Waals surface area contributed by atoms with E-state index in [2.05, 4.69) is 4.98 Å². The van der Waals surface area contributed by atoms with Crippen molar-refractivity contribution >= 4 is 5.82 Å². The van der Waals surface area contributed by atoms with Crippen molar-refractivity contribution in [3.8, 4) is 0 Å². The van der Waals surface area contributed by atoms with Crippen LogP contribution in [-0.2, 0) is 4.74 Å². The lowest BCUT2D eigenvalue weighted by Gasteiger charge is -2.25. The van der Waals surface area contributed by atoms with Gasteiger partial charge in [0, 0.05) is 18.9 Å². The summed E-state index contributed by atoms with van der Waals surface area (Å²) in [7, 11) is 1.58. The lowest BCUT2D eigenvalue weighted by Crippen LogP contribution is -2.27. The summed E-state index contributed by atoms with van der Waals surface area (Å²) in [4.78, 5) is 3.94. The number of pyridine rings is 1. The first-order chi connectivity index (χ1) is 7.07. The van der Waals surface area contributed by atoms with Crippen LogP contribution in [0.25, 0.3) is 0 Å². The normalized spacial score (nSPS) is 15.3.